The topological polar surface area (TPSA) is 55.0 Å². The maximum absolute atomic E-state index is 12.5. The first-order valence-electron chi connectivity index (χ1n) is 8.90. The zero-order valence-electron chi connectivity index (χ0n) is 15.3. The second kappa shape index (κ2) is 7.08. The molecular weight excluding hydrogens is 336 g/mol. The van der Waals surface area contributed by atoms with E-state index in [1.54, 1.807) is 0 Å². The monoisotopic (exact) mass is 356 g/mol. The normalized spacial score (nSPS) is 10.9. The Morgan fingerprint density at radius 2 is 1.63 bits per heavy atom. The van der Waals surface area contributed by atoms with E-state index in [2.05, 4.69) is 9.97 Å². The maximum atomic E-state index is 12.5. The lowest BCUT2D eigenvalue weighted by Gasteiger charge is -2.08. The van der Waals surface area contributed by atoms with Crippen LogP contribution in [-0.4, -0.2) is 9.97 Å². The minimum absolute atomic E-state index is 0.153. The molecule has 0 aliphatic heterocycles. The Morgan fingerprint density at radius 3 is 2.44 bits per heavy atom. The van der Waals surface area contributed by atoms with Gasteiger partial charge in [0.05, 0.1) is 11.0 Å². The molecular formula is C23H20N2O2. The summed E-state index contributed by atoms with van der Waals surface area (Å²) in [5.41, 5.74) is 5.20. The molecule has 0 spiro atoms. The minimum atomic E-state index is -0.153. The van der Waals surface area contributed by atoms with Crippen molar-refractivity contribution in [2.75, 3.05) is 0 Å². The number of ether oxygens (including phenoxy) is 1. The third-order valence-corrected chi connectivity index (χ3v) is 4.63. The first kappa shape index (κ1) is 17.0. The van der Waals surface area contributed by atoms with E-state index in [-0.39, 0.29) is 5.56 Å². The fourth-order valence-corrected chi connectivity index (χ4v) is 3.04. The van der Waals surface area contributed by atoms with Crippen LogP contribution in [0.5, 0.6) is 11.5 Å². The van der Waals surface area contributed by atoms with Crippen LogP contribution in [0.4, 0.5) is 0 Å². The van der Waals surface area contributed by atoms with Gasteiger partial charge in [-0.2, -0.15) is 0 Å². The molecule has 4 nitrogen and oxygen atoms in total. The van der Waals surface area contributed by atoms with Crippen LogP contribution in [0.3, 0.4) is 0 Å². The van der Waals surface area contributed by atoms with Crippen LogP contribution in [0.15, 0.2) is 71.5 Å². The highest BCUT2D eigenvalue weighted by Crippen LogP contribution is 2.23. The molecule has 0 fully saturated rings. The van der Waals surface area contributed by atoms with Crippen LogP contribution >= 0.6 is 0 Å². The van der Waals surface area contributed by atoms with Gasteiger partial charge in [0.15, 0.2) is 0 Å². The average Bonchev–Trinajstić information content (AvgIpc) is 2.65. The first-order valence-corrected chi connectivity index (χ1v) is 8.90. The van der Waals surface area contributed by atoms with E-state index in [1.165, 1.54) is 0 Å². The van der Waals surface area contributed by atoms with Gasteiger partial charge in [-0.25, -0.2) is 4.98 Å². The van der Waals surface area contributed by atoms with Crippen molar-refractivity contribution in [3.05, 3.63) is 99.5 Å². The van der Waals surface area contributed by atoms with E-state index in [9.17, 15) is 4.79 Å². The molecule has 4 rings (SSSR count). The molecule has 0 saturated carbocycles. The summed E-state index contributed by atoms with van der Waals surface area (Å²) < 4.78 is 5.88. The molecule has 0 saturated heterocycles. The molecule has 27 heavy (non-hydrogen) atoms. The van der Waals surface area contributed by atoms with Gasteiger partial charge < -0.3 is 9.72 Å². The zero-order valence-corrected chi connectivity index (χ0v) is 15.3. The van der Waals surface area contributed by atoms with Crippen molar-refractivity contribution in [3.63, 3.8) is 0 Å². The van der Waals surface area contributed by atoms with Crippen LogP contribution in [0.25, 0.3) is 11.0 Å². The zero-order chi connectivity index (χ0) is 18.8. The van der Waals surface area contributed by atoms with E-state index in [1.807, 2.05) is 80.6 Å². The third-order valence-electron chi connectivity index (χ3n) is 4.63. The second-order valence-electron chi connectivity index (χ2n) is 6.71. The van der Waals surface area contributed by atoms with Crippen LogP contribution in [0, 0.1) is 13.8 Å². The molecule has 1 N–H and O–H groups in total. The smallest absolute Gasteiger partial charge is 0.270 e. The Labute approximate surface area is 157 Å². The largest absolute Gasteiger partial charge is 0.457 e. The van der Waals surface area contributed by atoms with Crippen LogP contribution < -0.4 is 10.3 Å². The quantitative estimate of drug-likeness (QED) is 0.564. The van der Waals surface area contributed by atoms with Crippen LogP contribution in [-0.2, 0) is 6.42 Å². The summed E-state index contributed by atoms with van der Waals surface area (Å²) in [4.78, 5) is 20.0. The van der Waals surface area contributed by atoms with Crippen molar-refractivity contribution in [1.29, 1.82) is 0 Å². The molecule has 0 atom stereocenters. The van der Waals surface area contributed by atoms with Gasteiger partial charge in [0.2, 0.25) is 0 Å². The molecule has 1 aromatic heterocycles. The first-order chi connectivity index (χ1) is 13.1. The van der Waals surface area contributed by atoms with Gasteiger partial charge in [0, 0.05) is 6.42 Å². The summed E-state index contributed by atoms with van der Waals surface area (Å²) in [6, 6.07) is 21.4. The highest BCUT2D eigenvalue weighted by molar-refractivity contribution is 5.76. The van der Waals surface area contributed by atoms with E-state index < -0.39 is 0 Å². The Kier molecular flexibility index (Phi) is 4.47. The summed E-state index contributed by atoms with van der Waals surface area (Å²) in [6.07, 6.45) is 0.449. The average molecular weight is 356 g/mol. The molecule has 1 heterocycles. The van der Waals surface area contributed by atoms with Gasteiger partial charge in [0.1, 0.15) is 17.2 Å². The van der Waals surface area contributed by atoms with Gasteiger partial charge >= 0.3 is 0 Å². The molecule has 0 aliphatic carbocycles. The summed E-state index contributed by atoms with van der Waals surface area (Å²) >= 11 is 0. The fraction of sp³-hybridized carbons (Fsp3) is 0.130. The highest BCUT2D eigenvalue weighted by atomic mass is 16.5. The predicted molar refractivity (Wildman–Crippen MR) is 108 cm³/mol. The number of benzene rings is 3. The predicted octanol–water partition coefficient (Wildman–Crippen LogP) is 4.92. The van der Waals surface area contributed by atoms with Gasteiger partial charge in [-0.3, -0.25) is 4.79 Å². The van der Waals surface area contributed by atoms with Gasteiger partial charge in [-0.15, -0.1) is 0 Å². The standard InChI is InChI=1S/C23H20N2O2/c1-15-11-20-21(12-16(15)2)25-23(26)22(24-20)14-17-7-6-10-19(13-17)27-18-8-4-3-5-9-18/h3-13H,14H2,1-2H3,(H,25,26). The van der Waals surface area contributed by atoms with Crippen LogP contribution in [0.1, 0.15) is 22.4 Å². The second-order valence-corrected chi connectivity index (χ2v) is 6.71. The van der Waals surface area contributed by atoms with E-state index >= 15 is 0 Å². The molecule has 4 aromatic rings. The minimum Gasteiger partial charge on any atom is -0.457 e. The van der Waals surface area contributed by atoms with Crippen molar-refractivity contribution in [3.8, 4) is 11.5 Å². The highest BCUT2D eigenvalue weighted by Gasteiger charge is 2.08. The van der Waals surface area contributed by atoms with Gasteiger partial charge in [0.25, 0.3) is 5.56 Å². The lowest BCUT2D eigenvalue weighted by molar-refractivity contribution is 0.482. The number of fused-ring (bicyclic) bond motifs is 1. The van der Waals surface area contributed by atoms with E-state index in [4.69, 9.17) is 4.74 Å². The van der Waals surface area contributed by atoms with Crippen molar-refractivity contribution in [1.82, 2.24) is 9.97 Å². The molecule has 3 aromatic carbocycles. The summed E-state index contributed by atoms with van der Waals surface area (Å²) in [5.74, 6) is 1.52. The maximum Gasteiger partial charge on any atom is 0.270 e. The third kappa shape index (κ3) is 3.75. The Balaban J connectivity index is 1.64. The lowest BCUT2D eigenvalue weighted by Crippen LogP contribution is -2.15. The summed E-state index contributed by atoms with van der Waals surface area (Å²) in [6.45, 7) is 4.07. The number of rotatable bonds is 4. The van der Waals surface area contributed by atoms with E-state index in [0.717, 1.165) is 39.2 Å². The molecule has 134 valence electrons. The number of aromatic nitrogens is 2. The van der Waals surface area contributed by atoms with Crippen molar-refractivity contribution >= 4 is 11.0 Å². The fourth-order valence-electron chi connectivity index (χ4n) is 3.04. The number of aromatic amines is 1. The summed E-state index contributed by atoms with van der Waals surface area (Å²) in [7, 11) is 0. The Hall–Kier alpha value is -3.40. The Bertz CT molecular complexity index is 1160. The number of para-hydroxylation sites is 1. The summed E-state index contributed by atoms with van der Waals surface area (Å²) in [5, 5.41) is 0. The van der Waals surface area contributed by atoms with Crippen molar-refractivity contribution in [2.24, 2.45) is 0 Å². The SMILES string of the molecule is Cc1cc2nc(Cc3cccc(Oc4ccccc4)c3)c(=O)[nH]c2cc1C. The molecule has 0 aliphatic rings. The van der Waals surface area contributed by atoms with Crippen LogP contribution in [0.2, 0.25) is 0 Å². The Morgan fingerprint density at radius 1 is 0.889 bits per heavy atom. The molecule has 0 bridgehead atoms. The number of hydrogen-bond donors (Lipinski definition) is 1. The molecule has 0 amide bonds. The van der Waals surface area contributed by atoms with Crippen molar-refractivity contribution in [2.45, 2.75) is 20.3 Å². The molecule has 4 heteroatoms. The molecule has 0 radical (unpaired) electrons. The number of nitrogens with zero attached hydrogens (tertiary/aromatic N) is 1. The van der Waals surface area contributed by atoms with Gasteiger partial charge in [-0.05, 0) is 66.9 Å². The molecule has 0 unspecified atom stereocenters. The number of aryl methyl sites for hydroxylation is 2. The van der Waals surface area contributed by atoms with Gasteiger partial charge in [-0.1, -0.05) is 30.3 Å². The van der Waals surface area contributed by atoms with E-state index in [0.29, 0.717) is 12.1 Å². The number of H-pyrrole nitrogens is 1. The number of nitrogens with one attached hydrogen (secondary N) is 1. The van der Waals surface area contributed by atoms with Crippen molar-refractivity contribution < 1.29 is 4.74 Å². The lowest BCUT2D eigenvalue weighted by atomic mass is 10.1. The number of hydrogen-bond acceptors (Lipinski definition) is 3.